The van der Waals surface area contributed by atoms with E-state index < -0.39 is 28.2 Å². The summed E-state index contributed by atoms with van der Waals surface area (Å²) >= 11 is 0. The molecule has 0 bridgehead atoms. The molecule has 6 nitrogen and oxygen atoms in total. The quantitative estimate of drug-likeness (QED) is 0.727. The highest BCUT2D eigenvalue weighted by molar-refractivity contribution is 5.88. The first-order chi connectivity index (χ1) is 10.3. The standard InChI is InChI=1S/C16H24O6/c1-14(2)4-3-5-15(12(17)18,6-10-8-21-10)16(14,13(19)20)7-11-9-22-11/h10-11H,3-9H2,1-2H3,(H,17,18)(H,19,20). The van der Waals surface area contributed by atoms with Crippen molar-refractivity contribution in [3.05, 3.63) is 0 Å². The van der Waals surface area contributed by atoms with Crippen LogP contribution < -0.4 is 0 Å². The van der Waals surface area contributed by atoms with Gasteiger partial charge in [0.2, 0.25) is 0 Å². The highest BCUT2D eigenvalue weighted by Crippen LogP contribution is 2.65. The third-order valence-electron chi connectivity index (χ3n) is 6.07. The molecule has 2 aliphatic heterocycles. The minimum absolute atomic E-state index is 0.121. The fraction of sp³-hybridized carbons (Fsp3) is 0.875. The largest absolute Gasteiger partial charge is 0.481 e. The maximum atomic E-state index is 12.4. The summed E-state index contributed by atoms with van der Waals surface area (Å²) in [4.78, 5) is 24.7. The maximum absolute atomic E-state index is 12.4. The molecule has 0 aromatic rings. The average molecular weight is 312 g/mol. The summed E-state index contributed by atoms with van der Waals surface area (Å²) < 4.78 is 10.5. The molecule has 4 unspecified atom stereocenters. The molecule has 3 aliphatic rings. The number of rotatable bonds is 6. The first-order valence-corrected chi connectivity index (χ1v) is 7.95. The van der Waals surface area contributed by atoms with Gasteiger partial charge in [0.15, 0.2) is 0 Å². The monoisotopic (exact) mass is 312 g/mol. The summed E-state index contributed by atoms with van der Waals surface area (Å²) in [5, 5.41) is 20.2. The summed E-state index contributed by atoms with van der Waals surface area (Å²) in [5.41, 5.74) is -3.21. The van der Waals surface area contributed by atoms with Gasteiger partial charge in [-0.25, -0.2) is 0 Å². The van der Waals surface area contributed by atoms with Crippen LogP contribution in [0.3, 0.4) is 0 Å². The number of hydrogen-bond donors (Lipinski definition) is 2. The normalized spacial score (nSPS) is 42.6. The molecule has 2 N–H and O–H groups in total. The molecule has 1 saturated carbocycles. The fourth-order valence-corrected chi connectivity index (χ4v) is 4.71. The van der Waals surface area contributed by atoms with E-state index in [9.17, 15) is 19.8 Å². The van der Waals surface area contributed by atoms with Crippen LogP contribution in [0.15, 0.2) is 0 Å². The van der Waals surface area contributed by atoms with Gasteiger partial charge >= 0.3 is 11.9 Å². The highest BCUT2D eigenvalue weighted by atomic mass is 16.6. The van der Waals surface area contributed by atoms with E-state index in [1.165, 1.54) is 0 Å². The van der Waals surface area contributed by atoms with Crippen LogP contribution in [0.5, 0.6) is 0 Å². The Hall–Kier alpha value is -1.14. The topological polar surface area (TPSA) is 99.7 Å². The van der Waals surface area contributed by atoms with E-state index in [4.69, 9.17) is 9.47 Å². The smallest absolute Gasteiger partial charge is 0.311 e. The van der Waals surface area contributed by atoms with Gasteiger partial charge in [0.05, 0.1) is 36.3 Å². The second kappa shape index (κ2) is 4.93. The Morgan fingerprint density at radius 2 is 1.55 bits per heavy atom. The maximum Gasteiger partial charge on any atom is 0.311 e. The zero-order valence-electron chi connectivity index (χ0n) is 13.1. The lowest BCUT2D eigenvalue weighted by Crippen LogP contribution is -2.63. The number of carboxylic acid groups (broad SMARTS) is 2. The molecule has 0 aromatic heterocycles. The third kappa shape index (κ3) is 2.15. The van der Waals surface area contributed by atoms with Crippen LogP contribution >= 0.6 is 0 Å². The minimum atomic E-state index is -1.32. The van der Waals surface area contributed by atoms with Crippen LogP contribution in [0.25, 0.3) is 0 Å². The second-order valence-corrected chi connectivity index (χ2v) is 7.65. The Labute approximate surface area is 129 Å². The molecule has 3 rings (SSSR count). The first-order valence-electron chi connectivity index (χ1n) is 7.95. The number of aliphatic carboxylic acids is 2. The lowest BCUT2D eigenvalue weighted by atomic mass is 9.43. The van der Waals surface area contributed by atoms with Gasteiger partial charge in [0.1, 0.15) is 0 Å². The Morgan fingerprint density at radius 1 is 1.00 bits per heavy atom. The molecule has 0 radical (unpaired) electrons. The summed E-state index contributed by atoms with van der Waals surface area (Å²) in [5.74, 6) is -2.01. The van der Waals surface area contributed by atoms with Gasteiger partial charge in [0, 0.05) is 0 Å². The fourth-order valence-electron chi connectivity index (χ4n) is 4.71. The second-order valence-electron chi connectivity index (χ2n) is 7.65. The van der Waals surface area contributed by atoms with E-state index in [0.29, 0.717) is 26.1 Å². The summed E-state index contributed by atoms with van der Waals surface area (Å²) in [6, 6.07) is 0. The molecule has 6 heteroatoms. The Morgan fingerprint density at radius 3 is 2.00 bits per heavy atom. The van der Waals surface area contributed by atoms with Gasteiger partial charge in [-0.2, -0.15) is 0 Å². The van der Waals surface area contributed by atoms with Crippen molar-refractivity contribution < 1.29 is 29.3 Å². The van der Waals surface area contributed by atoms with Gasteiger partial charge in [-0.15, -0.1) is 0 Å². The Kier molecular flexibility index (Phi) is 3.53. The molecule has 0 amide bonds. The SMILES string of the molecule is CC1(C)CCCC(CC2CO2)(C(=O)O)C1(CC1CO1)C(=O)O. The van der Waals surface area contributed by atoms with Crippen molar-refractivity contribution in [1.29, 1.82) is 0 Å². The van der Waals surface area contributed by atoms with E-state index in [0.717, 1.165) is 6.42 Å². The van der Waals surface area contributed by atoms with Crippen molar-refractivity contribution in [3.63, 3.8) is 0 Å². The molecule has 2 heterocycles. The summed E-state index contributed by atoms with van der Waals surface area (Å²) in [6.45, 7) is 4.86. The van der Waals surface area contributed by atoms with Gasteiger partial charge in [-0.1, -0.05) is 20.3 Å². The van der Waals surface area contributed by atoms with Crippen molar-refractivity contribution >= 4 is 11.9 Å². The van der Waals surface area contributed by atoms with Crippen LogP contribution in [-0.2, 0) is 19.1 Å². The predicted octanol–water partition coefficient (Wildman–Crippen LogP) is 1.92. The van der Waals surface area contributed by atoms with E-state index in [-0.39, 0.29) is 25.0 Å². The summed E-state index contributed by atoms with van der Waals surface area (Å²) in [6.07, 6.45) is 2.14. The predicted molar refractivity (Wildman–Crippen MR) is 76.5 cm³/mol. The van der Waals surface area contributed by atoms with Crippen LogP contribution in [0, 0.1) is 16.2 Å². The zero-order chi connectivity index (χ0) is 16.2. The van der Waals surface area contributed by atoms with Gasteiger partial charge in [-0.05, 0) is 31.1 Å². The zero-order valence-corrected chi connectivity index (χ0v) is 13.1. The molecule has 1 aliphatic carbocycles. The van der Waals surface area contributed by atoms with Crippen molar-refractivity contribution in [1.82, 2.24) is 0 Å². The van der Waals surface area contributed by atoms with Crippen molar-refractivity contribution in [2.45, 2.75) is 58.2 Å². The van der Waals surface area contributed by atoms with Crippen LogP contribution in [0.4, 0.5) is 0 Å². The van der Waals surface area contributed by atoms with Crippen molar-refractivity contribution in [2.24, 2.45) is 16.2 Å². The van der Waals surface area contributed by atoms with Gasteiger partial charge in [-0.3, -0.25) is 9.59 Å². The number of epoxide rings is 2. The van der Waals surface area contributed by atoms with E-state index in [1.54, 1.807) is 0 Å². The highest BCUT2D eigenvalue weighted by Gasteiger charge is 2.71. The van der Waals surface area contributed by atoms with Crippen LogP contribution in [-0.4, -0.2) is 47.6 Å². The molecule has 3 fully saturated rings. The third-order valence-corrected chi connectivity index (χ3v) is 6.07. The molecule has 124 valence electrons. The number of carboxylic acids is 2. The molecule has 2 saturated heterocycles. The van der Waals surface area contributed by atoms with Crippen molar-refractivity contribution in [2.75, 3.05) is 13.2 Å². The lowest BCUT2D eigenvalue weighted by Gasteiger charge is -2.57. The van der Waals surface area contributed by atoms with Gasteiger partial charge < -0.3 is 19.7 Å². The minimum Gasteiger partial charge on any atom is -0.481 e. The lowest BCUT2D eigenvalue weighted by molar-refractivity contribution is -0.202. The average Bonchev–Trinajstić information content (AvgIpc) is 3.28. The molecule has 4 atom stereocenters. The molecule has 0 spiro atoms. The number of carbonyl (C=O) groups is 2. The molecule has 22 heavy (non-hydrogen) atoms. The van der Waals surface area contributed by atoms with Crippen LogP contribution in [0.2, 0.25) is 0 Å². The Bertz CT molecular complexity index is 493. The molecule has 0 aromatic carbocycles. The van der Waals surface area contributed by atoms with Gasteiger partial charge in [0.25, 0.3) is 0 Å². The Balaban J connectivity index is 2.12. The summed E-state index contributed by atoms with van der Waals surface area (Å²) in [7, 11) is 0. The molecular weight excluding hydrogens is 288 g/mol. The van der Waals surface area contributed by atoms with Crippen molar-refractivity contribution in [3.8, 4) is 0 Å². The first kappa shape index (κ1) is 15.7. The van der Waals surface area contributed by atoms with E-state index in [1.807, 2.05) is 13.8 Å². The van der Waals surface area contributed by atoms with Crippen LogP contribution in [0.1, 0.15) is 46.0 Å². The van der Waals surface area contributed by atoms with E-state index in [2.05, 4.69) is 0 Å². The number of hydrogen-bond acceptors (Lipinski definition) is 4. The number of ether oxygens (including phenoxy) is 2. The molecular formula is C16H24O6. The van der Waals surface area contributed by atoms with E-state index >= 15 is 0 Å².